The molecule has 6 nitrogen and oxygen atoms in total. The minimum Gasteiger partial charge on any atom is -0.343 e. The van der Waals surface area contributed by atoms with Gasteiger partial charge in [-0.3, -0.25) is 4.79 Å². The number of rotatable bonds is 4. The van der Waals surface area contributed by atoms with Gasteiger partial charge in [-0.05, 0) is 57.1 Å². The maximum absolute atomic E-state index is 12.3. The SMILES string of the molecule is CN(C)CC(=O)N1CCC(c2cc3c(N4CCc5ccccc54)ccnc3[nH]2)CC1. The molecule has 4 heterocycles. The number of amides is 1. The van der Waals surface area contributed by atoms with Gasteiger partial charge in [0.25, 0.3) is 0 Å². The Hall–Kier alpha value is -2.86. The number of aromatic nitrogens is 2. The molecule has 0 spiro atoms. The van der Waals surface area contributed by atoms with Crippen LogP contribution in [-0.4, -0.2) is 65.9 Å². The Morgan fingerprint density at radius 2 is 1.93 bits per heavy atom. The van der Waals surface area contributed by atoms with Crippen LogP contribution in [0, 0.1) is 0 Å². The number of H-pyrrole nitrogens is 1. The number of benzene rings is 1. The number of fused-ring (bicyclic) bond motifs is 2. The second-order valence-corrected chi connectivity index (χ2v) is 8.74. The predicted molar refractivity (Wildman–Crippen MR) is 120 cm³/mol. The molecule has 1 amide bonds. The minimum atomic E-state index is 0.228. The van der Waals surface area contributed by atoms with Gasteiger partial charge in [-0.15, -0.1) is 0 Å². The second-order valence-electron chi connectivity index (χ2n) is 8.74. The molecule has 0 saturated carbocycles. The van der Waals surface area contributed by atoms with E-state index in [0.717, 1.165) is 44.5 Å². The summed E-state index contributed by atoms with van der Waals surface area (Å²) in [5.41, 5.74) is 6.15. The summed E-state index contributed by atoms with van der Waals surface area (Å²) in [6.45, 7) is 3.14. The average molecular weight is 404 g/mol. The number of aromatic amines is 1. The van der Waals surface area contributed by atoms with Crippen molar-refractivity contribution in [3.05, 3.63) is 53.9 Å². The molecular weight excluding hydrogens is 374 g/mol. The van der Waals surface area contributed by atoms with Crippen molar-refractivity contribution in [2.24, 2.45) is 0 Å². The third kappa shape index (κ3) is 3.45. The highest BCUT2D eigenvalue weighted by Gasteiger charge is 2.27. The number of pyridine rings is 1. The fourth-order valence-electron chi connectivity index (χ4n) is 4.89. The van der Waals surface area contributed by atoms with Crippen LogP contribution >= 0.6 is 0 Å². The topological polar surface area (TPSA) is 55.5 Å². The van der Waals surface area contributed by atoms with E-state index in [9.17, 15) is 4.79 Å². The smallest absolute Gasteiger partial charge is 0.236 e. The van der Waals surface area contributed by atoms with Gasteiger partial charge in [0, 0.05) is 48.5 Å². The number of hydrogen-bond acceptors (Lipinski definition) is 4. The van der Waals surface area contributed by atoms with Crippen molar-refractivity contribution in [2.75, 3.05) is 45.2 Å². The maximum Gasteiger partial charge on any atom is 0.236 e. The molecule has 0 bridgehead atoms. The zero-order valence-corrected chi connectivity index (χ0v) is 17.8. The first-order chi connectivity index (χ1) is 14.6. The van der Waals surface area contributed by atoms with Crippen molar-refractivity contribution in [3.63, 3.8) is 0 Å². The van der Waals surface area contributed by atoms with Gasteiger partial charge in [0.2, 0.25) is 5.91 Å². The number of nitrogens with one attached hydrogen (secondary N) is 1. The van der Waals surface area contributed by atoms with Crippen molar-refractivity contribution < 1.29 is 4.79 Å². The Morgan fingerprint density at radius 3 is 2.73 bits per heavy atom. The monoisotopic (exact) mass is 403 g/mol. The molecule has 1 fully saturated rings. The van der Waals surface area contributed by atoms with Crippen LogP contribution in [0.5, 0.6) is 0 Å². The number of carbonyl (C=O) groups is 1. The Labute approximate surface area is 177 Å². The maximum atomic E-state index is 12.3. The first-order valence-corrected chi connectivity index (χ1v) is 10.9. The van der Waals surface area contributed by atoms with Crippen LogP contribution in [0.25, 0.3) is 11.0 Å². The molecule has 2 aromatic heterocycles. The summed E-state index contributed by atoms with van der Waals surface area (Å²) in [6, 6.07) is 13.1. The molecule has 5 rings (SSSR count). The molecule has 2 aliphatic rings. The molecule has 1 saturated heterocycles. The van der Waals surface area contributed by atoms with E-state index in [-0.39, 0.29) is 5.91 Å². The van der Waals surface area contributed by atoms with Gasteiger partial charge in [0.05, 0.1) is 12.2 Å². The van der Waals surface area contributed by atoms with Crippen LogP contribution < -0.4 is 4.90 Å². The lowest BCUT2D eigenvalue weighted by molar-refractivity contribution is -0.132. The molecule has 3 aromatic rings. The van der Waals surface area contributed by atoms with Crippen LogP contribution in [0.15, 0.2) is 42.6 Å². The fraction of sp³-hybridized carbons (Fsp3) is 0.417. The third-order valence-corrected chi connectivity index (χ3v) is 6.45. The molecule has 1 aromatic carbocycles. The van der Waals surface area contributed by atoms with Gasteiger partial charge in [-0.25, -0.2) is 4.98 Å². The van der Waals surface area contributed by atoms with Crippen molar-refractivity contribution in [1.29, 1.82) is 0 Å². The van der Waals surface area contributed by atoms with Crippen LogP contribution in [0.3, 0.4) is 0 Å². The summed E-state index contributed by atoms with van der Waals surface area (Å²) in [5.74, 6) is 0.674. The van der Waals surface area contributed by atoms with E-state index in [1.807, 2.05) is 30.1 Å². The Morgan fingerprint density at radius 1 is 1.13 bits per heavy atom. The number of carbonyl (C=O) groups excluding carboxylic acids is 1. The van der Waals surface area contributed by atoms with E-state index in [1.54, 1.807) is 0 Å². The lowest BCUT2D eigenvalue weighted by Gasteiger charge is -2.32. The van der Waals surface area contributed by atoms with Gasteiger partial charge in [0.15, 0.2) is 0 Å². The van der Waals surface area contributed by atoms with Gasteiger partial charge in [0.1, 0.15) is 5.65 Å². The molecule has 0 unspecified atom stereocenters. The molecule has 2 aliphatic heterocycles. The van der Waals surface area contributed by atoms with E-state index < -0.39 is 0 Å². The summed E-state index contributed by atoms with van der Waals surface area (Å²) < 4.78 is 0. The van der Waals surface area contributed by atoms with Crippen molar-refractivity contribution in [1.82, 2.24) is 19.8 Å². The molecule has 30 heavy (non-hydrogen) atoms. The minimum absolute atomic E-state index is 0.228. The number of likely N-dealkylation sites (tertiary alicyclic amines) is 1. The lowest BCUT2D eigenvalue weighted by atomic mass is 9.93. The highest BCUT2D eigenvalue weighted by atomic mass is 16.2. The van der Waals surface area contributed by atoms with Crippen LogP contribution in [0.4, 0.5) is 11.4 Å². The Balaban J connectivity index is 1.37. The van der Waals surface area contributed by atoms with Gasteiger partial charge in [-0.2, -0.15) is 0 Å². The lowest BCUT2D eigenvalue weighted by Crippen LogP contribution is -2.42. The van der Waals surface area contributed by atoms with E-state index in [0.29, 0.717) is 12.5 Å². The number of piperidine rings is 1. The Kier molecular flexibility index (Phi) is 4.95. The Bertz CT molecular complexity index is 1060. The zero-order valence-electron chi connectivity index (χ0n) is 17.8. The van der Waals surface area contributed by atoms with E-state index >= 15 is 0 Å². The second kappa shape index (κ2) is 7.76. The summed E-state index contributed by atoms with van der Waals surface area (Å²) in [7, 11) is 3.89. The van der Waals surface area contributed by atoms with E-state index in [4.69, 9.17) is 0 Å². The van der Waals surface area contributed by atoms with Gasteiger partial charge >= 0.3 is 0 Å². The number of nitrogens with zero attached hydrogens (tertiary/aromatic N) is 4. The number of likely N-dealkylation sites (N-methyl/N-ethyl adjacent to an activating group) is 1. The summed E-state index contributed by atoms with van der Waals surface area (Å²) in [5, 5.41) is 1.19. The first kappa shape index (κ1) is 19.1. The number of hydrogen-bond donors (Lipinski definition) is 1. The largest absolute Gasteiger partial charge is 0.343 e. The molecule has 1 N–H and O–H groups in total. The van der Waals surface area contributed by atoms with Crippen LogP contribution in [0.1, 0.15) is 30.0 Å². The summed E-state index contributed by atoms with van der Waals surface area (Å²) in [4.78, 5) is 26.9. The molecule has 0 atom stereocenters. The van der Waals surface area contributed by atoms with Crippen molar-refractivity contribution >= 4 is 28.3 Å². The highest BCUT2D eigenvalue weighted by Crippen LogP contribution is 2.39. The van der Waals surface area contributed by atoms with Crippen LogP contribution in [-0.2, 0) is 11.2 Å². The molecule has 6 heteroatoms. The normalized spacial score (nSPS) is 17.2. The standard InChI is InChI=1S/C24H29N5O/c1-27(2)16-23(30)28-12-8-17(9-13-28)20-15-19-22(7-11-25-24(19)26-20)29-14-10-18-5-3-4-6-21(18)29/h3-7,11,15,17H,8-10,12-14,16H2,1-2H3,(H,25,26). The van der Waals surface area contributed by atoms with E-state index in [1.165, 1.54) is 28.0 Å². The quantitative estimate of drug-likeness (QED) is 0.724. The van der Waals surface area contributed by atoms with E-state index in [2.05, 4.69) is 51.3 Å². The third-order valence-electron chi connectivity index (χ3n) is 6.45. The molecule has 0 radical (unpaired) electrons. The predicted octanol–water partition coefficient (Wildman–Crippen LogP) is 3.52. The molecule has 0 aliphatic carbocycles. The fourth-order valence-corrected chi connectivity index (χ4v) is 4.89. The summed E-state index contributed by atoms with van der Waals surface area (Å²) in [6.07, 6.45) is 4.97. The van der Waals surface area contributed by atoms with Crippen LogP contribution in [0.2, 0.25) is 0 Å². The average Bonchev–Trinajstić information content (AvgIpc) is 3.37. The van der Waals surface area contributed by atoms with Gasteiger partial charge in [-0.1, -0.05) is 18.2 Å². The van der Waals surface area contributed by atoms with Gasteiger partial charge < -0.3 is 19.7 Å². The number of para-hydroxylation sites is 1. The number of anilines is 2. The zero-order chi connectivity index (χ0) is 20.7. The summed E-state index contributed by atoms with van der Waals surface area (Å²) >= 11 is 0. The van der Waals surface area contributed by atoms with Crippen molar-refractivity contribution in [2.45, 2.75) is 25.2 Å². The van der Waals surface area contributed by atoms with Crippen molar-refractivity contribution in [3.8, 4) is 0 Å². The molecular formula is C24H29N5O. The highest BCUT2D eigenvalue weighted by molar-refractivity contribution is 5.93. The molecule has 156 valence electrons. The first-order valence-electron chi connectivity index (χ1n) is 10.9.